The molecule has 15 rings (SSSR count). The number of ketones is 2. The van der Waals surface area contributed by atoms with Crippen molar-refractivity contribution in [1.82, 2.24) is 78.9 Å². The third-order valence-electron chi connectivity index (χ3n) is 18.5. The number of halogens is 15. The molecule has 0 aromatic carbocycles. The second kappa shape index (κ2) is 36.4. The van der Waals surface area contributed by atoms with E-state index in [-0.39, 0.29) is 46.6 Å². The Hall–Kier alpha value is -8.72. The summed E-state index contributed by atoms with van der Waals surface area (Å²) in [6.45, 7) is 9.57. The molecule has 0 atom stereocenters. The number of Topliss-reactive ketones (excluding diaryl/α,β-unsaturated/α-hetero) is 1. The normalized spacial score (nSPS) is 15.9. The van der Waals surface area contributed by atoms with E-state index in [9.17, 15) is 90.1 Å². The fourth-order valence-corrected chi connectivity index (χ4v) is 17.9. The lowest BCUT2D eigenvalue weighted by atomic mass is 10.1. The summed E-state index contributed by atoms with van der Waals surface area (Å²) in [5.41, 5.74) is 0.437. The molecule has 42 heteroatoms. The van der Waals surface area contributed by atoms with Crippen molar-refractivity contribution in [3.63, 3.8) is 0 Å². The second-order valence-corrected chi connectivity index (χ2v) is 33.5. The maximum absolute atomic E-state index is 12.9. The number of hydrogen-bond donors (Lipinski definition) is 2. The number of piperazine rings is 1. The number of likely N-dealkylation sites (N-methyl/N-ethyl adjacent to an activating group) is 1. The molecule has 618 valence electrons. The van der Waals surface area contributed by atoms with Crippen LogP contribution in [-0.2, 0) is 84.0 Å². The van der Waals surface area contributed by atoms with Gasteiger partial charge in [0.25, 0.3) is 11.8 Å². The van der Waals surface area contributed by atoms with Gasteiger partial charge in [-0.2, -0.15) is 91.3 Å². The zero-order valence-electron chi connectivity index (χ0n) is 62.1. The van der Waals surface area contributed by atoms with E-state index < -0.39 is 59.4 Å². The molecule has 115 heavy (non-hydrogen) atoms. The Balaban J connectivity index is 0.000000142. The number of nitrogens with one attached hydrogen (secondary N) is 1. The number of aliphatic hydroxyl groups excluding tert-OH is 1. The van der Waals surface area contributed by atoms with Crippen molar-refractivity contribution in [1.29, 1.82) is 0 Å². The number of carbonyl (C=O) groups is 4. The molecule has 21 nitrogen and oxygen atoms in total. The molecule has 4 aliphatic heterocycles. The van der Waals surface area contributed by atoms with Gasteiger partial charge in [0.2, 0.25) is 5.78 Å². The molecule has 0 unspecified atom stereocenters. The summed E-state index contributed by atoms with van der Waals surface area (Å²) in [7, 11) is 8.48. The van der Waals surface area contributed by atoms with E-state index in [0.717, 1.165) is 192 Å². The minimum atomic E-state index is -4.48. The number of alkyl halides is 15. The van der Waals surface area contributed by atoms with Gasteiger partial charge in [-0.1, -0.05) is 6.07 Å². The van der Waals surface area contributed by atoms with Crippen LogP contribution in [0.1, 0.15) is 111 Å². The van der Waals surface area contributed by atoms with Crippen LogP contribution >= 0.6 is 68.0 Å². The zero-order chi connectivity index (χ0) is 83.2. The largest absolute Gasteiger partial charge is 0.433 e. The van der Waals surface area contributed by atoms with Gasteiger partial charge in [-0.3, -0.25) is 57.4 Å². The smallest absolute Gasteiger partial charge is 0.393 e. The van der Waals surface area contributed by atoms with Crippen molar-refractivity contribution < 1.29 is 90.1 Å². The third kappa shape index (κ3) is 22.5. The van der Waals surface area contributed by atoms with E-state index in [4.69, 9.17) is 0 Å². The topological polar surface area (TPSA) is 206 Å². The SMILES string of the molecule is CN1CCN(Cc2ccc(-c3cc(C(F)(F)F)n(C)n3)s2)CC1.Cn1nc(-c2ccc(C(=O)N3CCC(=O)CC3)s2)cc1C(F)(F)F.Cn1nc(-c2ccc(C(=O)N3CCCCN3)s2)cc1C(F)(F)F.Cn1nc(-c2ccc(C(=O)c3cccs3)s2)cc1C(F)(F)F.Cn1nc(-c2ccc(CN3CCC(O)CC3)s2)cc1C(F)(F)F. The molecular weight excluding hydrogens is 1660 g/mol. The highest BCUT2D eigenvalue weighted by Gasteiger charge is 2.40. The summed E-state index contributed by atoms with van der Waals surface area (Å²) in [6, 6.07) is 25.9. The van der Waals surface area contributed by atoms with Crippen LogP contribution in [0.25, 0.3) is 52.9 Å². The highest BCUT2D eigenvalue weighted by molar-refractivity contribution is 7.19. The first kappa shape index (κ1) is 87.1. The summed E-state index contributed by atoms with van der Waals surface area (Å²) < 4.78 is 197. The van der Waals surface area contributed by atoms with Crippen LogP contribution < -0.4 is 5.43 Å². The fraction of sp³-hybridized carbons (Fsp3) is 0.411. The molecule has 2 amide bonds. The maximum Gasteiger partial charge on any atom is 0.433 e. The third-order valence-corrected chi connectivity index (χ3v) is 24.9. The van der Waals surface area contributed by atoms with Gasteiger partial charge in [-0.15, -0.1) is 68.0 Å². The molecule has 0 radical (unpaired) electrons. The van der Waals surface area contributed by atoms with Crippen LogP contribution in [0.4, 0.5) is 65.9 Å². The molecule has 4 saturated heterocycles. The number of hydrogen-bond acceptors (Lipinski definition) is 20. The number of thiophene rings is 6. The Morgan fingerprint density at radius 1 is 0.426 bits per heavy atom. The van der Waals surface area contributed by atoms with E-state index in [1.807, 2.05) is 24.3 Å². The first-order valence-corrected chi connectivity index (χ1v) is 40.4. The predicted octanol–water partition coefficient (Wildman–Crippen LogP) is 16.4. The number of rotatable bonds is 13. The molecule has 0 bridgehead atoms. The zero-order valence-corrected chi connectivity index (χ0v) is 67.0. The number of hydrazine groups is 1. The number of likely N-dealkylation sites (tertiary alicyclic amines) is 2. The molecule has 2 N–H and O–H groups in total. The second-order valence-electron chi connectivity index (χ2n) is 27.0. The summed E-state index contributed by atoms with van der Waals surface area (Å²) >= 11 is 7.70. The summed E-state index contributed by atoms with van der Waals surface area (Å²) in [6.07, 6.45) is -18.2. The van der Waals surface area contributed by atoms with Crippen LogP contribution in [0, 0.1) is 0 Å². The quantitative estimate of drug-likeness (QED) is 0.0814. The lowest BCUT2D eigenvalue weighted by Gasteiger charge is -2.31. The number of aryl methyl sites for hydroxylation is 5. The Morgan fingerprint density at radius 2 is 0.783 bits per heavy atom. The molecule has 15 heterocycles. The van der Waals surface area contributed by atoms with Crippen molar-refractivity contribution in [2.45, 2.75) is 88.6 Å². The van der Waals surface area contributed by atoms with E-state index in [1.54, 1.807) is 63.8 Å². The molecule has 0 aliphatic carbocycles. The molecular formula is C73H75F15N16O5S6. The van der Waals surface area contributed by atoms with Crippen molar-refractivity contribution in [3.05, 3.63) is 166 Å². The van der Waals surface area contributed by atoms with Crippen LogP contribution in [0.3, 0.4) is 0 Å². The van der Waals surface area contributed by atoms with E-state index >= 15 is 0 Å². The number of carbonyl (C=O) groups excluding carboxylic acids is 4. The number of aromatic nitrogens is 10. The number of amides is 2. The number of aliphatic hydroxyl groups is 1. The first-order chi connectivity index (χ1) is 54.1. The molecule has 0 spiro atoms. The highest BCUT2D eigenvalue weighted by Crippen LogP contribution is 2.41. The molecule has 11 aromatic heterocycles. The van der Waals surface area contributed by atoms with Gasteiger partial charge < -0.3 is 14.9 Å². The van der Waals surface area contributed by atoms with Crippen molar-refractivity contribution in [2.24, 2.45) is 35.2 Å². The average molecular weight is 1730 g/mol. The predicted molar refractivity (Wildman–Crippen MR) is 407 cm³/mol. The monoisotopic (exact) mass is 1730 g/mol. The van der Waals surface area contributed by atoms with E-state index in [2.05, 4.69) is 52.7 Å². The average Bonchev–Trinajstić information content (AvgIpc) is 1.69. The number of nitrogens with zero attached hydrogens (tertiary/aromatic N) is 15. The van der Waals surface area contributed by atoms with E-state index in [0.29, 0.717) is 78.0 Å². The van der Waals surface area contributed by atoms with E-state index in [1.165, 1.54) is 69.2 Å². The molecule has 4 aliphatic rings. The van der Waals surface area contributed by atoms with Crippen LogP contribution in [0.2, 0.25) is 0 Å². The van der Waals surface area contributed by atoms with Crippen molar-refractivity contribution in [2.75, 3.05) is 72.5 Å². The van der Waals surface area contributed by atoms with Gasteiger partial charge in [0.1, 0.15) is 62.7 Å². The van der Waals surface area contributed by atoms with Gasteiger partial charge in [0.15, 0.2) is 0 Å². The summed E-state index contributed by atoms with van der Waals surface area (Å²) in [4.78, 5) is 64.0. The van der Waals surface area contributed by atoms with Gasteiger partial charge in [0, 0.05) is 136 Å². The molecule has 11 aromatic rings. The Kier molecular flexibility index (Phi) is 27.6. The summed E-state index contributed by atoms with van der Waals surface area (Å²) in [5.74, 6) is -0.351. The van der Waals surface area contributed by atoms with Gasteiger partial charge in [-0.25, -0.2) is 5.43 Å². The highest BCUT2D eigenvalue weighted by atomic mass is 32.1. The first-order valence-electron chi connectivity index (χ1n) is 35.4. The fourth-order valence-electron chi connectivity index (χ4n) is 12.4. The van der Waals surface area contributed by atoms with Crippen LogP contribution in [0.5, 0.6) is 0 Å². The maximum atomic E-state index is 12.9. The molecule has 4 fully saturated rings. The Bertz CT molecular complexity index is 5000. The Labute approximate surface area is 672 Å². The summed E-state index contributed by atoms with van der Waals surface area (Å²) in [5, 5.41) is 32.5. The lowest BCUT2D eigenvalue weighted by molar-refractivity contribution is -0.144. The molecule has 0 saturated carbocycles. The van der Waals surface area contributed by atoms with Gasteiger partial charge in [-0.05, 0) is 135 Å². The Morgan fingerprint density at radius 3 is 1.14 bits per heavy atom. The van der Waals surface area contributed by atoms with Gasteiger partial charge in [0.05, 0.1) is 50.0 Å². The lowest BCUT2D eigenvalue weighted by Crippen LogP contribution is -2.46. The minimum absolute atomic E-state index is 0.127. The van der Waals surface area contributed by atoms with Crippen LogP contribution in [-0.4, -0.2) is 181 Å². The minimum Gasteiger partial charge on any atom is -0.393 e. The van der Waals surface area contributed by atoms with Crippen molar-refractivity contribution >= 4 is 91.4 Å². The van der Waals surface area contributed by atoms with Crippen LogP contribution in [0.15, 0.2) is 109 Å². The number of piperidine rings is 2. The van der Waals surface area contributed by atoms with Gasteiger partial charge >= 0.3 is 30.9 Å². The van der Waals surface area contributed by atoms with Crippen molar-refractivity contribution in [3.8, 4) is 52.9 Å². The standard InChI is InChI=1S/C15H19F3N4S.C15H14F3N3O2S.C15H18F3N3OS.C14H15F3N4OS.C14H9F3N2OS2/c1-20-5-7-22(8-6-20)10-11-3-4-13(23-11)12-9-14(15(16,17)18)21(2)19-12;1-20-13(15(16,17)18)8-10(19-20)11-2-3-12(24-11)14(23)21-6-4-9(22)5-7-21;1-20-14(15(16,17)18)8-12(19-20)13-3-2-11(23-13)9-21-6-4-10(22)5-7-21;1-20-12(14(15,16)17)8-9(19-20)10-4-5-11(23-10)13(22)21-7-3-2-6-18-21;1-19-12(14(15,16)17)7-8(18-19)9-4-5-11(22-9)13(20)10-3-2-6-21-10/h3-4,9H,5-8,10H2,1-2H3;2-3,8H,4-7H2,1H3;2-3,8,10,22H,4-7,9H2,1H3;4-5,8,18H,2-3,6-7H2,1H3;2-7H,1H3.